The third-order valence-corrected chi connectivity index (χ3v) is 4.82. The highest BCUT2D eigenvalue weighted by Crippen LogP contribution is 2.40. The topological polar surface area (TPSA) is 20.2 Å². The average molecular weight is 234 g/mol. The molecule has 1 aliphatic carbocycles. The van der Waals surface area contributed by atoms with Crippen LogP contribution in [0.3, 0.4) is 0 Å². The zero-order chi connectivity index (χ0) is 11.7. The molecule has 1 nitrogen and oxygen atoms in total. The van der Waals surface area contributed by atoms with Crippen molar-refractivity contribution in [1.29, 1.82) is 0 Å². The van der Waals surface area contributed by atoms with Gasteiger partial charge in [0.1, 0.15) is 0 Å². The zero-order valence-corrected chi connectivity index (χ0v) is 10.9. The van der Waals surface area contributed by atoms with E-state index in [1.165, 1.54) is 27.3 Å². The smallest absolute Gasteiger partial charge is 0.0717 e. The molecule has 1 aromatic heterocycles. The van der Waals surface area contributed by atoms with E-state index in [2.05, 4.69) is 13.8 Å². The van der Waals surface area contributed by atoms with Gasteiger partial charge in [0.05, 0.1) is 14.0 Å². The summed E-state index contributed by atoms with van der Waals surface area (Å²) in [5, 5.41) is 10.1. The third kappa shape index (κ3) is 2.08. The van der Waals surface area contributed by atoms with Gasteiger partial charge in [-0.3, -0.25) is 0 Å². The number of hydrogen-bond donors (Lipinski definition) is 1. The summed E-state index contributed by atoms with van der Waals surface area (Å²) >= 11 is 1.82. The molecular weight excluding hydrogens is 215 g/mol. The van der Waals surface area contributed by atoms with Crippen LogP contribution in [0.5, 0.6) is 0 Å². The van der Waals surface area contributed by atoms with Crippen molar-refractivity contribution < 1.29 is 5.11 Å². The number of aryl methyl sites for hydroxylation is 2. The highest BCUT2D eigenvalue weighted by molar-refractivity contribution is 7.12. The Kier molecular flexibility index (Phi) is 3.75. The molecule has 0 bridgehead atoms. The van der Waals surface area contributed by atoms with E-state index >= 15 is 0 Å². The fourth-order valence-corrected chi connectivity index (χ4v) is 4.10. The quantitative estimate of drug-likeness (QED) is 0.780. The van der Waals surface area contributed by atoms with Crippen LogP contribution in [0.4, 0.5) is 0 Å². The van der Waals surface area contributed by atoms with Crippen LogP contribution in [0, 0.1) is 13.8 Å². The van der Waals surface area contributed by atoms with Gasteiger partial charge in [-0.25, -0.2) is 0 Å². The molecule has 0 unspecified atom stereocenters. The lowest BCUT2D eigenvalue weighted by Crippen LogP contribution is -2.23. The van der Waals surface area contributed by atoms with Gasteiger partial charge >= 0.3 is 0 Å². The van der Waals surface area contributed by atoms with Crippen LogP contribution in [-0.4, -0.2) is 19.1 Å². The van der Waals surface area contributed by atoms with Crippen LogP contribution in [0.25, 0.3) is 0 Å². The molecule has 0 spiro atoms. The summed E-state index contributed by atoms with van der Waals surface area (Å²) in [6, 6.07) is 0. The summed E-state index contributed by atoms with van der Waals surface area (Å²) in [4.78, 5) is 2.68. The largest absolute Gasteiger partial charge is 0.392 e. The van der Waals surface area contributed by atoms with Crippen molar-refractivity contribution in [3.8, 4) is 0 Å². The first-order chi connectivity index (χ1) is 7.65. The number of aliphatic hydroxyl groups is 1. The number of thiophene rings is 1. The van der Waals surface area contributed by atoms with Gasteiger partial charge in [0.2, 0.25) is 0 Å². The van der Waals surface area contributed by atoms with E-state index in [1.54, 1.807) is 0 Å². The lowest BCUT2D eigenvalue weighted by molar-refractivity contribution is 0.106. The molecule has 0 amide bonds. The van der Waals surface area contributed by atoms with Gasteiger partial charge in [0.15, 0.2) is 0 Å². The molecule has 1 aliphatic rings. The minimum atomic E-state index is -0.160. The summed E-state index contributed by atoms with van der Waals surface area (Å²) < 4.78 is 0. The van der Waals surface area contributed by atoms with Crippen LogP contribution in [0.2, 0.25) is 0 Å². The Morgan fingerprint density at radius 1 is 1.25 bits per heavy atom. The predicted octanol–water partition coefficient (Wildman–Crippen LogP) is 3.05. The van der Waals surface area contributed by atoms with Crippen molar-refractivity contribution in [1.82, 2.24) is 0 Å². The Balaban J connectivity index is 2.37. The van der Waals surface area contributed by atoms with Gasteiger partial charge in [-0.2, -0.15) is 0 Å². The zero-order valence-electron chi connectivity index (χ0n) is 10.1. The van der Waals surface area contributed by atoms with E-state index in [-0.39, 0.29) is 6.10 Å². The molecule has 2 atom stereocenters. The molecule has 2 radical (unpaired) electrons. The Hall–Kier alpha value is -0.275. The maximum atomic E-state index is 10.1. The van der Waals surface area contributed by atoms with E-state index in [0.717, 1.165) is 19.3 Å². The summed E-state index contributed by atoms with van der Waals surface area (Å²) in [7, 11) is 5.84. The Labute approximate surface area is 103 Å². The van der Waals surface area contributed by atoms with Crippen molar-refractivity contribution in [2.75, 3.05) is 0 Å². The van der Waals surface area contributed by atoms with E-state index < -0.39 is 0 Å². The van der Waals surface area contributed by atoms with Gasteiger partial charge in [-0.1, -0.05) is 19.2 Å². The SMILES string of the molecule is [B]Cc1c(C)sc(C)c1[C@H]1CCCC[C@@H]1O. The number of hydrogen-bond acceptors (Lipinski definition) is 2. The first kappa shape index (κ1) is 12.2. The third-order valence-electron chi connectivity index (χ3n) is 3.74. The van der Waals surface area contributed by atoms with Crippen molar-refractivity contribution in [2.45, 2.75) is 57.9 Å². The highest BCUT2D eigenvalue weighted by atomic mass is 32.1. The van der Waals surface area contributed by atoms with E-state index in [4.69, 9.17) is 7.85 Å². The minimum Gasteiger partial charge on any atom is -0.392 e. The monoisotopic (exact) mass is 234 g/mol. The van der Waals surface area contributed by atoms with Crippen LogP contribution in [-0.2, 0) is 6.32 Å². The second kappa shape index (κ2) is 4.93. The first-order valence-corrected chi connectivity index (χ1v) is 6.93. The fraction of sp³-hybridized carbons (Fsp3) is 0.692. The summed E-state index contributed by atoms with van der Waals surface area (Å²) in [5.41, 5.74) is 2.64. The average Bonchev–Trinajstić information content (AvgIpc) is 2.54. The molecule has 3 heteroatoms. The van der Waals surface area contributed by atoms with Crippen molar-refractivity contribution in [3.63, 3.8) is 0 Å². The van der Waals surface area contributed by atoms with E-state index in [1.807, 2.05) is 11.3 Å². The van der Waals surface area contributed by atoms with Crippen LogP contribution < -0.4 is 0 Å². The number of rotatable bonds is 2. The molecule has 0 saturated heterocycles. The summed E-state index contributed by atoms with van der Waals surface area (Å²) in [5.74, 6) is 0.331. The van der Waals surface area contributed by atoms with Gasteiger partial charge in [0.25, 0.3) is 0 Å². The van der Waals surface area contributed by atoms with Gasteiger partial charge < -0.3 is 5.11 Å². The Bertz CT molecular complexity index is 372. The van der Waals surface area contributed by atoms with Crippen molar-refractivity contribution in [3.05, 3.63) is 20.9 Å². The molecule has 86 valence electrons. The highest BCUT2D eigenvalue weighted by Gasteiger charge is 2.28. The standard InChI is InChI=1S/C13H19BOS/c1-8-11(7-14)13(9(2)16-8)10-5-3-4-6-12(10)15/h10,12,15H,3-7H2,1-2H3/t10-,12-/m0/s1. The maximum Gasteiger partial charge on any atom is 0.0717 e. The predicted molar refractivity (Wildman–Crippen MR) is 70.5 cm³/mol. The van der Waals surface area contributed by atoms with Crippen molar-refractivity contribution in [2.24, 2.45) is 0 Å². The maximum absolute atomic E-state index is 10.1. The molecule has 16 heavy (non-hydrogen) atoms. The molecule has 0 aromatic carbocycles. The summed E-state index contributed by atoms with van der Waals surface area (Å²) in [6.45, 7) is 4.30. The molecule has 1 N–H and O–H groups in total. The molecule has 1 fully saturated rings. The molecule has 0 aliphatic heterocycles. The first-order valence-electron chi connectivity index (χ1n) is 6.12. The molecule has 1 saturated carbocycles. The van der Waals surface area contributed by atoms with Crippen LogP contribution in [0.1, 0.15) is 52.5 Å². The molecule has 1 heterocycles. The van der Waals surface area contributed by atoms with Crippen LogP contribution >= 0.6 is 11.3 Å². The fourth-order valence-electron chi connectivity index (χ4n) is 2.93. The van der Waals surface area contributed by atoms with E-state index in [0.29, 0.717) is 12.2 Å². The van der Waals surface area contributed by atoms with E-state index in [9.17, 15) is 5.11 Å². The Morgan fingerprint density at radius 2 is 1.94 bits per heavy atom. The lowest BCUT2D eigenvalue weighted by Gasteiger charge is -2.29. The molecule has 2 rings (SSSR count). The summed E-state index contributed by atoms with van der Waals surface area (Å²) in [6.07, 6.45) is 4.91. The number of aliphatic hydroxyl groups excluding tert-OH is 1. The van der Waals surface area contributed by atoms with Gasteiger partial charge in [-0.05, 0) is 37.8 Å². The molecule has 1 aromatic rings. The normalized spacial score (nSPS) is 25.9. The van der Waals surface area contributed by atoms with Gasteiger partial charge in [-0.15, -0.1) is 11.3 Å². The second-order valence-corrected chi connectivity index (χ2v) is 6.20. The van der Waals surface area contributed by atoms with Crippen molar-refractivity contribution >= 4 is 19.2 Å². The molecular formula is C13H19BOS. The van der Waals surface area contributed by atoms with Crippen LogP contribution in [0.15, 0.2) is 0 Å². The second-order valence-electron chi connectivity index (χ2n) is 4.77. The van der Waals surface area contributed by atoms with Gasteiger partial charge in [0, 0.05) is 15.7 Å². The lowest BCUT2D eigenvalue weighted by atomic mass is 9.78. The minimum absolute atomic E-state index is 0.160. The Morgan fingerprint density at radius 3 is 2.56 bits per heavy atom.